The molecule has 0 saturated heterocycles. The number of para-hydroxylation sites is 1. The van der Waals surface area contributed by atoms with Crippen LogP contribution in [0.3, 0.4) is 0 Å². The average Bonchev–Trinajstić information content (AvgIpc) is 2.65. The van der Waals surface area contributed by atoms with Gasteiger partial charge in [-0.05, 0) is 38.5 Å². The molecule has 0 fully saturated rings. The van der Waals surface area contributed by atoms with Crippen LogP contribution in [-0.2, 0) is 11.2 Å². The first-order chi connectivity index (χ1) is 13.8. The SMILES string of the molecule is CCOc1cc(C=NNC(=O)Cc2ccccc2[N+](=O)[O-])cc(Cl)c1OC(C)C. The van der Waals surface area contributed by atoms with Gasteiger partial charge in [-0.1, -0.05) is 29.8 Å². The molecule has 0 spiro atoms. The molecule has 2 aromatic rings. The molecule has 1 amide bonds. The van der Waals surface area contributed by atoms with E-state index in [-0.39, 0.29) is 18.2 Å². The van der Waals surface area contributed by atoms with Crippen LogP contribution in [0.5, 0.6) is 11.5 Å². The molecule has 0 aromatic heterocycles. The van der Waals surface area contributed by atoms with Crippen LogP contribution >= 0.6 is 11.6 Å². The van der Waals surface area contributed by atoms with Crippen LogP contribution in [0.2, 0.25) is 5.02 Å². The highest BCUT2D eigenvalue weighted by Crippen LogP contribution is 2.37. The summed E-state index contributed by atoms with van der Waals surface area (Å²) in [7, 11) is 0. The van der Waals surface area contributed by atoms with Gasteiger partial charge in [-0.2, -0.15) is 5.10 Å². The van der Waals surface area contributed by atoms with Crippen LogP contribution < -0.4 is 14.9 Å². The molecule has 0 heterocycles. The maximum Gasteiger partial charge on any atom is 0.273 e. The smallest absolute Gasteiger partial charge is 0.273 e. The summed E-state index contributed by atoms with van der Waals surface area (Å²) in [6.07, 6.45) is 1.17. The van der Waals surface area contributed by atoms with Crippen LogP contribution in [-0.4, -0.2) is 29.8 Å². The van der Waals surface area contributed by atoms with E-state index in [4.69, 9.17) is 21.1 Å². The minimum atomic E-state index is -0.524. The van der Waals surface area contributed by atoms with Crippen molar-refractivity contribution in [2.24, 2.45) is 5.10 Å². The van der Waals surface area contributed by atoms with Gasteiger partial charge in [-0.25, -0.2) is 5.43 Å². The number of halogens is 1. The van der Waals surface area contributed by atoms with E-state index in [2.05, 4.69) is 10.5 Å². The summed E-state index contributed by atoms with van der Waals surface area (Å²) in [5.41, 5.74) is 3.15. The van der Waals surface area contributed by atoms with E-state index in [0.29, 0.717) is 34.3 Å². The lowest BCUT2D eigenvalue weighted by molar-refractivity contribution is -0.385. The van der Waals surface area contributed by atoms with Crippen molar-refractivity contribution in [3.05, 3.63) is 62.7 Å². The van der Waals surface area contributed by atoms with Crippen molar-refractivity contribution >= 4 is 29.4 Å². The number of nitrogens with one attached hydrogen (secondary N) is 1. The van der Waals surface area contributed by atoms with Crippen molar-refractivity contribution in [2.75, 3.05) is 6.61 Å². The third-order valence-electron chi connectivity index (χ3n) is 3.63. The van der Waals surface area contributed by atoms with Gasteiger partial charge >= 0.3 is 0 Å². The van der Waals surface area contributed by atoms with Crippen molar-refractivity contribution in [1.82, 2.24) is 5.43 Å². The van der Waals surface area contributed by atoms with Crippen molar-refractivity contribution in [3.63, 3.8) is 0 Å². The Morgan fingerprint density at radius 3 is 2.72 bits per heavy atom. The van der Waals surface area contributed by atoms with Gasteiger partial charge in [0.05, 0.1) is 35.3 Å². The number of benzene rings is 2. The number of nitro groups is 1. The fraction of sp³-hybridized carbons (Fsp3) is 0.300. The standard InChI is InChI=1S/C20H22ClN3O5/c1-4-28-18-10-14(9-16(21)20(18)29-13(2)3)12-22-23-19(25)11-15-7-5-6-8-17(15)24(26)27/h5-10,12-13H,4,11H2,1-3H3,(H,23,25). The zero-order valence-corrected chi connectivity index (χ0v) is 17.1. The van der Waals surface area contributed by atoms with E-state index in [1.807, 2.05) is 20.8 Å². The predicted molar refractivity (Wildman–Crippen MR) is 111 cm³/mol. The van der Waals surface area contributed by atoms with Crippen molar-refractivity contribution in [1.29, 1.82) is 0 Å². The van der Waals surface area contributed by atoms with Crippen LogP contribution in [0, 0.1) is 10.1 Å². The molecule has 0 radical (unpaired) electrons. The van der Waals surface area contributed by atoms with Crippen molar-refractivity contribution in [2.45, 2.75) is 33.3 Å². The van der Waals surface area contributed by atoms with Gasteiger partial charge in [0.1, 0.15) is 0 Å². The molecule has 0 aliphatic rings. The number of rotatable bonds is 9. The van der Waals surface area contributed by atoms with Gasteiger partial charge in [0.25, 0.3) is 5.69 Å². The Morgan fingerprint density at radius 1 is 1.34 bits per heavy atom. The number of carbonyl (C=O) groups excluding carboxylic acids is 1. The lowest BCUT2D eigenvalue weighted by Crippen LogP contribution is -2.20. The van der Waals surface area contributed by atoms with E-state index >= 15 is 0 Å². The van der Waals surface area contributed by atoms with Crippen LogP contribution in [0.1, 0.15) is 31.9 Å². The Hall–Kier alpha value is -3.13. The van der Waals surface area contributed by atoms with Gasteiger partial charge in [0.2, 0.25) is 5.91 Å². The summed E-state index contributed by atoms with van der Waals surface area (Å²) in [5, 5.41) is 15.3. The molecule has 1 N–H and O–H groups in total. The molecule has 29 heavy (non-hydrogen) atoms. The van der Waals surface area contributed by atoms with E-state index in [0.717, 1.165) is 0 Å². The summed E-state index contributed by atoms with van der Waals surface area (Å²) in [6.45, 7) is 6.04. The molecule has 8 nitrogen and oxygen atoms in total. The molecule has 0 aliphatic carbocycles. The number of hydrogen-bond donors (Lipinski definition) is 1. The molecule has 0 aliphatic heterocycles. The third kappa shape index (κ3) is 6.46. The maximum absolute atomic E-state index is 12.1. The first-order valence-corrected chi connectivity index (χ1v) is 9.36. The fourth-order valence-electron chi connectivity index (χ4n) is 2.51. The molecule has 0 atom stereocenters. The summed E-state index contributed by atoms with van der Waals surface area (Å²) in [4.78, 5) is 22.6. The van der Waals surface area contributed by atoms with Gasteiger partial charge in [0, 0.05) is 11.6 Å². The second kappa shape index (κ2) is 10.4. The molecule has 0 unspecified atom stereocenters. The zero-order valence-electron chi connectivity index (χ0n) is 16.3. The minimum absolute atomic E-state index is 0.0763. The Bertz CT molecular complexity index is 915. The molecule has 154 valence electrons. The zero-order chi connectivity index (χ0) is 21.4. The molecule has 9 heteroatoms. The first-order valence-electron chi connectivity index (χ1n) is 8.99. The maximum atomic E-state index is 12.1. The minimum Gasteiger partial charge on any atom is -0.490 e. The number of nitrogens with zero attached hydrogens (tertiary/aromatic N) is 2. The number of nitro benzene ring substituents is 1. The van der Waals surface area contributed by atoms with Gasteiger partial charge < -0.3 is 9.47 Å². The highest BCUT2D eigenvalue weighted by Gasteiger charge is 2.16. The van der Waals surface area contributed by atoms with Gasteiger partial charge in [0.15, 0.2) is 11.5 Å². The highest BCUT2D eigenvalue weighted by atomic mass is 35.5. The summed E-state index contributed by atoms with van der Waals surface area (Å²) in [6, 6.07) is 9.40. The molecular weight excluding hydrogens is 398 g/mol. The second-order valence-corrected chi connectivity index (χ2v) is 6.69. The molecule has 2 rings (SSSR count). The Labute approximate surface area is 173 Å². The first kappa shape index (κ1) is 22.2. The fourth-order valence-corrected chi connectivity index (χ4v) is 2.77. The largest absolute Gasteiger partial charge is 0.490 e. The summed E-state index contributed by atoms with van der Waals surface area (Å²) < 4.78 is 11.3. The van der Waals surface area contributed by atoms with Crippen LogP contribution in [0.4, 0.5) is 5.69 Å². The van der Waals surface area contributed by atoms with E-state index in [9.17, 15) is 14.9 Å². The Kier molecular flexibility index (Phi) is 7.97. The van der Waals surface area contributed by atoms with Crippen molar-refractivity contribution < 1.29 is 19.2 Å². The van der Waals surface area contributed by atoms with Crippen LogP contribution in [0.15, 0.2) is 41.5 Å². The lowest BCUT2D eigenvalue weighted by atomic mass is 10.1. The Balaban J connectivity index is 2.10. The van der Waals surface area contributed by atoms with E-state index in [1.165, 1.54) is 18.3 Å². The van der Waals surface area contributed by atoms with E-state index in [1.54, 1.807) is 24.3 Å². The van der Waals surface area contributed by atoms with E-state index < -0.39 is 10.8 Å². The van der Waals surface area contributed by atoms with Crippen LogP contribution in [0.25, 0.3) is 0 Å². The molecular formula is C20H22ClN3O5. The number of ether oxygens (including phenoxy) is 2. The predicted octanol–water partition coefficient (Wildman–Crippen LogP) is 4.13. The number of carbonyl (C=O) groups is 1. The second-order valence-electron chi connectivity index (χ2n) is 6.29. The number of amides is 1. The normalized spacial score (nSPS) is 10.9. The highest BCUT2D eigenvalue weighted by molar-refractivity contribution is 6.32. The molecule has 0 bridgehead atoms. The summed E-state index contributed by atoms with van der Waals surface area (Å²) in [5.74, 6) is 0.439. The molecule has 2 aromatic carbocycles. The van der Waals surface area contributed by atoms with Crippen molar-refractivity contribution in [3.8, 4) is 11.5 Å². The third-order valence-corrected chi connectivity index (χ3v) is 3.91. The number of hydrazone groups is 1. The average molecular weight is 420 g/mol. The van der Waals surface area contributed by atoms with Gasteiger partial charge in [-0.3, -0.25) is 14.9 Å². The monoisotopic (exact) mass is 419 g/mol. The summed E-state index contributed by atoms with van der Waals surface area (Å²) >= 11 is 6.29. The quantitative estimate of drug-likeness (QED) is 0.374. The van der Waals surface area contributed by atoms with Gasteiger partial charge in [-0.15, -0.1) is 0 Å². The number of hydrogen-bond acceptors (Lipinski definition) is 6. The topological polar surface area (TPSA) is 103 Å². The lowest BCUT2D eigenvalue weighted by Gasteiger charge is -2.16. The Morgan fingerprint density at radius 2 is 2.07 bits per heavy atom. The molecule has 0 saturated carbocycles.